The fourth-order valence-electron chi connectivity index (χ4n) is 3.40. The number of sulfone groups is 1. The van der Waals surface area contributed by atoms with Crippen LogP contribution in [0.1, 0.15) is 27.6 Å². The Morgan fingerprint density at radius 1 is 0.971 bits per heavy atom. The molecule has 0 fully saturated rings. The highest BCUT2D eigenvalue weighted by Gasteiger charge is 2.21. The number of benzene rings is 3. The summed E-state index contributed by atoms with van der Waals surface area (Å²) in [5.74, 6) is -1.04. The number of phenols is 1. The fourth-order valence-corrected chi connectivity index (χ4v) is 4.89. The van der Waals surface area contributed by atoms with Crippen molar-refractivity contribution in [1.29, 1.82) is 0 Å². The van der Waals surface area contributed by atoms with Crippen molar-refractivity contribution in [3.63, 3.8) is 0 Å². The zero-order chi connectivity index (χ0) is 25.4. The molecule has 35 heavy (non-hydrogen) atoms. The fraction of sp³-hybridized carbons (Fsp3) is 0.240. The highest BCUT2D eigenvalue weighted by molar-refractivity contribution is 7.91. The Morgan fingerprint density at radius 3 is 2.37 bits per heavy atom. The Kier molecular flexibility index (Phi) is 9.25. The molecule has 10 heteroatoms. The lowest BCUT2D eigenvalue weighted by molar-refractivity contribution is 0.0942. The van der Waals surface area contributed by atoms with Crippen LogP contribution in [0, 0.1) is 0 Å². The van der Waals surface area contributed by atoms with Crippen LogP contribution in [0.5, 0.6) is 5.75 Å². The first kappa shape index (κ1) is 26.7. The third kappa shape index (κ3) is 7.03. The first-order valence-corrected chi connectivity index (χ1v) is 12.8. The van der Waals surface area contributed by atoms with E-state index in [9.17, 15) is 23.4 Å². The summed E-state index contributed by atoms with van der Waals surface area (Å²) in [6.07, 6.45) is -0.0705. The minimum Gasteiger partial charge on any atom is -0.507 e. The molecule has 1 atom stereocenters. The van der Waals surface area contributed by atoms with E-state index in [1.165, 1.54) is 18.2 Å². The minimum absolute atomic E-state index is 0.0227. The molecule has 0 saturated carbocycles. The molecule has 0 aliphatic carbocycles. The van der Waals surface area contributed by atoms with Gasteiger partial charge in [0.1, 0.15) is 5.75 Å². The van der Waals surface area contributed by atoms with Gasteiger partial charge in [0.15, 0.2) is 0 Å². The molecular formula is C25H27ClN2O6S. The van der Waals surface area contributed by atoms with E-state index in [0.717, 1.165) is 23.3 Å². The molecule has 0 heterocycles. The molecule has 0 saturated heterocycles. The highest BCUT2D eigenvalue weighted by atomic mass is 35.5. The molecule has 0 aromatic heterocycles. The number of nitrogens with one attached hydrogen (secondary N) is 2. The summed E-state index contributed by atoms with van der Waals surface area (Å²) in [5, 5.41) is 35.2. The van der Waals surface area contributed by atoms with Gasteiger partial charge in [-0.05, 0) is 66.6 Å². The molecule has 0 unspecified atom stereocenters. The van der Waals surface area contributed by atoms with Crippen molar-refractivity contribution in [1.82, 2.24) is 10.6 Å². The Balaban J connectivity index is 1.61. The van der Waals surface area contributed by atoms with E-state index in [0.29, 0.717) is 24.5 Å². The number of hydrogen-bond acceptors (Lipinski definition) is 7. The lowest BCUT2D eigenvalue weighted by Gasteiger charge is -2.13. The summed E-state index contributed by atoms with van der Waals surface area (Å²) in [6.45, 7) is 0.621. The van der Waals surface area contributed by atoms with E-state index in [1.807, 2.05) is 0 Å². The number of aliphatic hydroxyl groups is 2. The minimum atomic E-state index is -3.92. The third-order valence-corrected chi connectivity index (χ3v) is 7.32. The lowest BCUT2D eigenvalue weighted by atomic mass is 10.1. The van der Waals surface area contributed by atoms with Crippen LogP contribution in [-0.4, -0.2) is 55.9 Å². The topological polar surface area (TPSA) is 136 Å². The zero-order valence-corrected chi connectivity index (χ0v) is 20.4. The maximum absolute atomic E-state index is 13.0. The van der Waals surface area contributed by atoms with Crippen LogP contribution in [-0.2, 0) is 16.3 Å². The second-order valence-corrected chi connectivity index (χ2v) is 10.2. The number of rotatable bonds is 11. The van der Waals surface area contributed by atoms with Crippen molar-refractivity contribution < 1.29 is 28.5 Å². The Hall–Kier alpha value is -2.95. The average molecular weight is 519 g/mol. The van der Waals surface area contributed by atoms with Crippen molar-refractivity contribution in [3.8, 4) is 5.75 Å². The number of halogens is 1. The molecule has 0 radical (unpaired) electrons. The van der Waals surface area contributed by atoms with Crippen molar-refractivity contribution in [2.75, 3.05) is 26.2 Å². The van der Waals surface area contributed by atoms with E-state index in [2.05, 4.69) is 10.6 Å². The molecule has 8 nitrogen and oxygen atoms in total. The van der Waals surface area contributed by atoms with Gasteiger partial charge in [-0.15, -0.1) is 0 Å². The summed E-state index contributed by atoms with van der Waals surface area (Å²) < 4.78 is 26.1. The van der Waals surface area contributed by atoms with Gasteiger partial charge >= 0.3 is 0 Å². The van der Waals surface area contributed by atoms with Gasteiger partial charge < -0.3 is 26.0 Å². The molecule has 3 rings (SSSR count). The summed E-state index contributed by atoms with van der Waals surface area (Å²) in [6, 6.07) is 16.9. The molecule has 3 aromatic carbocycles. The molecule has 186 valence electrons. The molecular weight excluding hydrogens is 492 g/mol. The van der Waals surface area contributed by atoms with Crippen LogP contribution < -0.4 is 10.6 Å². The monoisotopic (exact) mass is 518 g/mol. The number of amides is 1. The van der Waals surface area contributed by atoms with Gasteiger partial charge in [-0.2, -0.15) is 0 Å². The van der Waals surface area contributed by atoms with Gasteiger partial charge in [-0.1, -0.05) is 35.9 Å². The summed E-state index contributed by atoms with van der Waals surface area (Å²) in [4.78, 5) is 12.1. The van der Waals surface area contributed by atoms with E-state index in [4.69, 9.17) is 16.7 Å². The smallest absolute Gasteiger partial charge is 0.255 e. The predicted molar refractivity (Wildman–Crippen MR) is 132 cm³/mol. The summed E-state index contributed by atoms with van der Waals surface area (Å²) in [7, 11) is -3.92. The maximum atomic E-state index is 13.0. The number of hydrogen-bond donors (Lipinski definition) is 5. The highest BCUT2D eigenvalue weighted by Crippen LogP contribution is 2.26. The standard InChI is InChI=1S/C25H27ClN2O6S/c26-19-3-1-2-18(14-19)24(31)16-27-11-10-17-4-6-20(7-5-17)35(33,34)21-8-9-23(30)22(15-21)25(32)28-12-13-29/h1-9,14-15,24,27,29-31H,10-13,16H2,(H,28,32)/t24-/m0/s1. The van der Waals surface area contributed by atoms with Crippen LogP contribution in [0.25, 0.3) is 0 Å². The predicted octanol–water partition coefficient (Wildman–Crippen LogP) is 2.47. The molecule has 0 aliphatic heterocycles. The van der Waals surface area contributed by atoms with Crippen LogP contribution in [0.3, 0.4) is 0 Å². The Morgan fingerprint density at radius 2 is 1.69 bits per heavy atom. The lowest BCUT2D eigenvalue weighted by Crippen LogP contribution is -2.26. The average Bonchev–Trinajstić information content (AvgIpc) is 2.85. The zero-order valence-electron chi connectivity index (χ0n) is 18.8. The normalized spacial score (nSPS) is 12.3. The van der Waals surface area contributed by atoms with Crippen molar-refractivity contribution in [2.45, 2.75) is 22.3 Å². The maximum Gasteiger partial charge on any atom is 0.255 e. The van der Waals surface area contributed by atoms with E-state index in [1.54, 1.807) is 36.4 Å². The van der Waals surface area contributed by atoms with Gasteiger partial charge in [0.05, 0.1) is 28.1 Å². The van der Waals surface area contributed by atoms with Crippen LogP contribution in [0.2, 0.25) is 5.02 Å². The van der Waals surface area contributed by atoms with Gasteiger partial charge in [-0.3, -0.25) is 4.79 Å². The molecule has 5 N–H and O–H groups in total. The number of phenolic OH excluding ortho intramolecular Hbond substituents is 1. The molecule has 0 bridgehead atoms. The molecule has 1 amide bonds. The van der Waals surface area contributed by atoms with Gasteiger partial charge in [-0.25, -0.2) is 8.42 Å². The number of aliphatic hydroxyl groups excluding tert-OH is 2. The number of aromatic hydroxyl groups is 1. The summed E-state index contributed by atoms with van der Waals surface area (Å²) in [5.41, 5.74) is 1.44. The third-order valence-electron chi connectivity index (χ3n) is 5.32. The Labute approximate surface area is 209 Å². The quantitative estimate of drug-likeness (QED) is 0.246. The Bertz CT molecular complexity index is 1270. The molecule has 0 spiro atoms. The van der Waals surface area contributed by atoms with Crippen molar-refractivity contribution in [3.05, 3.63) is 88.4 Å². The van der Waals surface area contributed by atoms with Gasteiger partial charge in [0, 0.05) is 18.1 Å². The molecule has 0 aliphatic rings. The number of carbonyl (C=O) groups excluding carboxylic acids is 1. The van der Waals surface area contributed by atoms with E-state index < -0.39 is 21.8 Å². The number of carbonyl (C=O) groups is 1. The van der Waals surface area contributed by atoms with Gasteiger partial charge in [0.2, 0.25) is 9.84 Å². The van der Waals surface area contributed by atoms with Crippen molar-refractivity contribution in [2.24, 2.45) is 0 Å². The van der Waals surface area contributed by atoms with Crippen LogP contribution in [0.15, 0.2) is 76.5 Å². The first-order chi connectivity index (χ1) is 16.7. The SMILES string of the molecule is O=C(NCCO)c1cc(S(=O)(=O)c2ccc(CCNC[C@H](O)c3cccc(Cl)c3)cc2)ccc1O. The van der Waals surface area contributed by atoms with Crippen molar-refractivity contribution >= 4 is 27.3 Å². The largest absolute Gasteiger partial charge is 0.507 e. The summed E-state index contributed by atoms with van der Waals surface area (Å²) >= 11 is 5.95. The second-order valence-electron chi connectivity index (χ2n) is 7.83. The van der Waals surface area contributed by atoms with E-state index >= 15 is 0 Å². The van der Waals surface area contributed by atoms with Crippen LogP contribution in [0.4, 0.5) is 0 Å². The van der Waals surface area contributed by atoms with E-state index in [-0.39, 0.29) is 34.3 Å². The molecule has 3 aromatic rings. The van der Waals surface area contributed by atoms with Crippen LogP contribution >= 0.6 is 11.6 Å². The second kappa shape index (κ2) is 12.1. The first-order valence-electron chi connectivity index (χ1n) is 10.9. The van der Waals surface area contributed by atoms with Gasteiger partial charge in [0.25, 0.3) is 5.91 Å².